The number of benzene rings is 1. The van der Waals surface area contributed by atoms with Crippen LogP contribution in [0.2, 0.25) is 0 Å². The van der Waals surface area contributed by atoms with Crippen LogP contribution in [0.5, 0.6) is 5.75 Å². The topological polar surface area (TPSA) is 50.9 Å². The molecule has 0 saturated heterocycles. The fourth-order valence-corrected chi connectivity index (χ4v) is 1.16. The number of phenolic OH excluding ortho intramolecular Hbond substituents is 1. The minimum atomic E-state index is 0.259. The van der Waals surface area contributed by atoms with E-state index in [0.717, 1.165) is 11.5 Å². The second-order valence-corrected chi connectivity index (χ2v) is 2.76. The molecule has 1 aromatic carbocycles. The van der Waals surface area contributed by atoms with E-state index in [1.165, 1.54) is 0 Å². The van der Waals surface area contributed by atoms with Crippen molar-refractivity contribution < 1.29 is 5.11 Å². The maximum absolute atomic E-state index is 9.08. The largest absolute Gasteiger partial charge is 0.508 e. The molecule has 0 aliphatic rings. The standard InChI is InChI=1S/C9H9N3O/c1-7-11-10-6-12(7)8-2-4-9(13)5-3-8/h2-6,13H,1H3. The van der Waals surface area contributed by atoms with E-state index in [-0.39, 0.29) is 5.75 Å². The van der Waals surface area contributed by atoms with Crippen molar-refractivity contribution in [2.75, 3.05) is 0 Å². The number of hydrogen-bond donors (Lipinski definition) is 1. The smallest absolute Gasteiger partial charge is 0.134 e. The van der Waals surface area contributed by atoms with Crippen LogP contribution in [-0.4, -0.2) is 19.9 Å². The predicted molar refractivity (Wildman–Crippen MR) is 47.8 cm³/mol. The van der Waals surface area contributed by atoms with Gasteiger partial charge in [0.25, 0.3) is 0 Å². The average Bonchev–Trinajstić information content (AvgIpc) is 2.53. The van der Waals surface area contributed by atoms with E-state index < -0.39 is 0 Å². The molecule has 0 aliphatic carbocycles. The van der Waals surface area contributed by atoms with Gasteiger partial charge in [0, 0.05) is 5.69 Å². The summed E-state index contributed by atoms with van der Waals surface area (Å²) in [4.78, 5) is 0. The molecule has 4 nitrogen and oxygen atoms in total. The molecule has 13 heavy (non-hydrogen) atoms. The van der Waals surface area contributed by atoms with Crippen molar-refractivity contribution >= 4 is 0 Å². The summed E-state index contributed by atoms with van der Waals surface area (Å²) < 4.78 is 1.85. The van der Waals surface area contributed by atoms with Gasteiger partial charge in [0.05, 0.1) is 0 Å². The Morgan fingerprint density at radius 1 is 1.23 bits per heavy atom. The summed E-state index contributed by atoms with van der Waals surface area (Å²) in [6, 6.07) is 6.89. The number of hydrogen-bond acceptors (Lipinski definition) is 3. The molecule has 0 spiro atoms. The number of nitrogens with zero attached hydrogens (tertiary/aromatic N) is 3. The maximum Gasteiger partial charge on any atom is 0.134 e. The Kier molecular flexibility index (Phi) is 1.73. The fraction of sp³-hybridized carbons (Fsp3) is 0.111. The quantitative estimate of drug-likeness (QED) is 0.710. The van der Waals surface area contributed by atoms with Crippen LogP contribution in [0, 0.1) is 6.92 Å². The van der Waals surface area contributed by atoms with Crippen molar-refractivity contribution in [3.8, 4) is 11.4 Å². The summed E-state index contributed by atoms with van der Waals surface area (Å²) in [7, 11) is 0. The van der Waals surface area contributed by atoms with Gasteiger partial charge < -0.3 is 5.11 Å². The second-order valence-electron chi connectivity index (χ2n) is 2.76. The molecule has 0 radical (unpaired) electrons. The highest BCUT2D eigenvalue weighted by Gasteiger charge is 2.00. The van der Waals surface area contributed by atoms with Crippen LogP contribution < -0.4 is 0 Å². The van der Waals surface area contributed by atoms with Gasteiger partial charge in [0.2, 0.25) is 0 Å². The SMILES string of the molecule is Cc1nncn1-c1ccc(O)cc1. The fourth-order valence-electron chi connectivity index (χ4n) is 1.16. The zero-order valence-corrected chi connectivity index (χ0v) is 7.18. The number of aromatic hydroxyl groups is 1. The van der Waals surface area contributed by atoms with Crippen molar-refractivity contribution in [1.29, 1.82) is 0 Å². The first-order valence-electron chi connectivity index (χ1n) is 3.93. The van der Waals surface area contributed by atoms with Gasteiger partial charge in [-0.3, -0.25) is 4.57 Å². The van der Waals surface area contributed by atoms with Crippen LogP contribution in [0.25, 0.3) is 5.69 Å². The Labute approximate surface area is 75.5 Å². The predicted octanol–water partition coefficient (Wildman–Crippen LogP) is 1.28. The summed E-state index contributed by atoms with van der Waals surface area (Å²) in [6.45, 7) is 1.87. The molecule has 2 aromatic rings. The van der Waals surface area contributed by atoms with Gasteiger partial charge >= 0.3 is 0 Å². The lowest BCUT2D eigenvalue weighted by Gasteiger charge is -2.02. The second kappa shape index (κ2) is 2.90. The van der Waals surface area contributed by atoms with Gasteiger partial charge in [-0.15, -0.1) is 10.2 Å². The van der Waals surface area contributed by atoms with Crippen LogP contribution in [-0.2, 0) is 0 Å². The van der Waals surface area contributed by atoms with Gasteiger partial charge in [-0.25, -0.2) is 0 Å². The summed E-state index contributed by atoms with van der Waals surface area (Å²) >= 11 is 0. The van der Waals surface area contributed by atoms with Gasteiger partial charge in [0.15, 0.2) is 0 Å². The Morgan fingerprint density at radius 3 is 2.46 bits per heavy atom. The number of phenols is 1. The summed E-state index contributed by atoms with van der Waals surface area (Å²) in [5.41, 5.74) is 0.945. The van der Waals surface area contributed by atoms with Crippen molar-refractivity contribution in [2.24, 2.45) is 0 Å². The third-order valence-electron chi connectivity index (χ3n) is 1.85. The third-order valence-corrected chi connectivity index (χ3v) is 1.85. The summed E-state index contributed by atoms with van der Waals surface area (Å²) in [6.07, 6.45) is 1.64. The van der Waals surface area contributed by atoms with Crippen LogP contribution >= 0.6 is 0 Å². The molecule has 1 heterocycles. The lowest BCUT2D eigenvalue weighted by Crippen LogP contribution is -1.94. The molecule has 0 fully saturated rings. The molecule has 66 valence electrons. The van der Waals surface area contributed by atoms with Gasteiger partial charge in [-0.05, 0) is 31.2 Å². The van der Waals surface area contributed by atoms with E-state index in [0.29, 0.717) is 0 Å². The summed E-state index contributed by atoms with van der Waals surface area (Å²) in [5.74, 6) is 1.08. The van der Waals surface area contributed by atoms with Gasteiger partial charge in [-0.1, -0.05) is 0 Å². The van der Waals surface area contributed by atoms with Crippen LogP contribution in [0.3, 0.4) is 0 Å². The first-order chi connectivity index (χ1) is 6.27. The lowest BCUT2D eigenvalue weighted by atomic mass is 10.3. The molecule has 0 aliphatic heterocycles. The molecule has 0 bridgehead atoms. The van der Waals surface area contributed by atoms with E-state index >= 15 is 0 Å². The van der Waals surface area contributed by atoms with E-state index in [9.17, 15) is 0 Å². The van der Waals surface area contributed by atoms with Crippen molar-refractivity contribution in [1.82, 2.24) is 14.8 Å². The number of rotatable bonds is 1. The minimum absolute atomic E-state index is 0.259. The van der Waals surface area contributed by atoms with E-state index in [1.54, 1.807) is 18.5 Å². The highest BCUT2D eigenvalue weighted by molar-refractivity contribution is 5.37. The molecule has 0 atom stereocenters. The van der Waals surface area contributed by atoms with E-state index in [4.69, 9.17) is 5.11 Å². The number of aromatic nitrogens is 3. The zero-order chi connectivity index (χ0) is 9.26. The van der Waals surface area contributed by atoms with E-state index in [2.05, 4.69) is 10.2 Å². The molecule has 0 amide bonds. The van der Waals surface area contributed by atoms with Gasteiger partial charge in [0.1, 0.15) is 17.9 Å². The molecule has 4 heteroatoms. The van der Waals surface area contributed by atoms with Crippen molar-refractivity contribution in [3.63, 3.8) is 0 Å². The Bertz CT molecular complexity index is 405. The highest BCUT2D eigenvalue weighted by Crippen LogP contribution is 2.13. The zero-order valence-electron chi connectivity index (χ0n) is 7.18. The van der Waals surface area contributed by atoms with Crippen LogP contribution in [0.15, 0.2) is 30.6 Å². The third kappa shape index (κ3) is 1.38. The first-order valence-corrected chi connectivity index (χ1v) is 3.93. The Balaban J connectivity index is 2.47. The van der Waals surface area contributed by atoms with Crippen molar-refractivity contribution in [2.45, 2.75) is 6.92 Å². The lowest BCUT2D eigenvalue weighted by molar-refractivity contribution is 0.475. The van der Waals surface area contributed by atoms with Crippen LogP contribution in [0.1, 0.15) is 5.82 Å². The normalized spacial score (nSPS) is 10.2. The summed E-state index contributed by atoms with van der Waals surface area (Å²) in [5, 5.41) is 16.7. The van der Waals surface area contributed by atoms with Crippen LogP contribution in [0.4, 0.5) is 0 Å². The monoisotopic (exact) mass is 175 g/mol. The molecular formula is C9H9N3O. The minimum Gasteiger partial charge on any atom is -0.508 e. The molecule has 0 unspecified atom stereocenters. The van der Waals surface area contributed by atoms with Crippen molar-refractivity contribution in [3.05, 3.63) is 36.4 Å². The van der Waals surface area contributed by atoms with Gasteiger partial charge in [-0.2, -0.15) is 0 Å². The molecule has 1 aromatic heterocycles. The Morgan fingerprint density at radius 2 is 1.92 bits per heavy atom. The molecule has 1 N–H and O–H groups in total. The first kappa shape index (κ1) is 7.79. The molecule has 0 saturated carbocycles. The molecular weight excluding hydrogens is 166 g/mol. The number of aryl methyl sites for hydroxylation is 1. The van der Waals surface area contributed by atoms with E-state index in [1.807, 2.05) is 23.6 Å². The average molecular weight is 175 g/mol. The molecule has 2 rings (SSSR count). The Hall–Kier alpha value is -1.84. The highest BCUT2D eigenvalue weighted by atomic mass is 16.3. The maximum atomic E-state index is 9.08.